The third kappa shape index (κ3) is 3.92. The van der Waals surface area contributed by atoms with Crippen LogP contribution in [0.2, 0.25) is 0 Å². The average molecular weight is 324 g/mol. The summed E-state index contributed by atoms with van der Waals surface area (Å²) in [6, 6.07) is 0.480. The maximum Gasteiger partial charge on any atom is 0.225 e. The van der Waals surface area contributed by atoms with Crippen LogP contribution >= 0.6 is 15.9 Å². The van der Waals surface area contributed by atoms with Crippen LogP contribution < -0.4 is 4.90 Å². The smallest absolute Gasteiger partial charge is 0.225 e. The molecule has 5 heteroatoms. The summed E-state index contributed by atoms with van der Waals surface area (Å²) in [6.07, 6.45) is 7.91. The summed E-state index contributed by atoms with van der Waals surface area (Å²) >= 11 is 3.34. The first-order chi connectivity index (χ1) is 9.20. The lowest BCUT2D eigenvalue weighted by Crippen LogP contribution is -2.36. The van der Waals surface area contributed by atoms with E-state index in [1.165, 1.54) is 0 Å². The van der Waals surface area contributed by atoms with Crippen molar-refractivity contribution in [3.05, 3.63) is 16.9 Å². The predicted octanol–water partition coefficient (Wildman–Crippen LogP) is 2.23. The summed E-state index contributed by atoms with van der Waals surface area (Å²) in [7, 11) is 2.05. The SMILES string of the molecule is CN(c1ncc(Br)cn1)[C@H]1CC[C@H](C#CCO)CC1. The van der Waals surface area contributed by atoms with E-state index in [9.17, 15) is 0 Å². The number of nitrogens with zero attached hydrogens (tertiary/aromatic N) is 3. The van der Waals surface area contributed by atoms with Gasteiger partial charge in [-0.15, -0.1) is 0 Å². The Morgan fingerprint density at radius 2 is 1.95 bits per heavy atom. The molecule has 102 valence electrons. The van der Waals surface area contributed by atoms with E-state index in [2.05, 4.69) is 42.6 Å². The van der Waals surface area contributed by atoms with Gasteiger partial charge in [-0.3, -0.25) is 0 Å². The van der Waals surface area contributed by atoms with Crippen molar-refractivity contribution >= 4 is 21.9 Å². The van der Waals surface area contributed by atoms with Crippen molar-refractivity contribution in [1.82, 2.24) is 9.97 Å². The second kappa shape index (κ2) is 6.88. The highest BCUT2D eigenvalue weighted by atomic mass is 79.9. The number of hydrogen-bond donors (Lipinski definition) is 1. The van der Waals surface area contributed by atoms with Crippen molar-refractivity contribution in [1.29, 1.82) is 0 Å². The van der Waals surface area contributed by atoms with Gasteiger partial charge in [0.05, 0.1) is 4.47 Å². The van der Waals surface area contributed by atoms with Gasteiger partial charge in [0.1, 0.15) is 6.61 Å². The van der Waals surface area contributed by atoms with Gasteiger partial charge in [-0.25, -0.2) is 9.97 Å². The molecule has 0 amide bonds. The molecule has 1 N–H and O–H groups in total. The lowest BCUT2D eigenvalue weighted by Gasteiger charge is -2.33. The normalized spacial score (nSPS) is 22.5. The van der Waals surface area contributed by atoms with Gasteiger partial charge in [0.2, 0.25) is 5.95 Å². The molecule has 0 radical (unpaired) electrons. The maximum absolute atomic E-state index is 8.71. The standard InChI is InChI=1S/C14H18BrN3O/c1-18(14-16-9-12(15)10-17-14)13-6-4-11(5-7-13)3-2-8-19/h9-11,13,19H,4-8H2,1H3/t11-,13-. The summed E-state index contributed by atoms with van der Waals surface area (Å²) < 4.78 is 0.896. The zero-order valence-corrected chi connectivity index (χ0v) is 12.6. The molecule has 4 nitrogen and oxygen atoms in total. The minimum atomic E-state index is -0.0352. The number of aliphatic hydroxyl groups excluding tert-OH is 1. The van der Waals surface area contributed by atoms with Gasteiger partial charge >= 0.3 is 0 Å². The molecule has 0 unspecified atom stereocenters. The van der Waals surface area contributed by atoms with Crippen molar-refractivity contribution in [3.8, 4) is 11.8 Å². The highest BCUT2D eigenvalue weighted by molar-refractivity contribution is 9.10. The van der Waals surface area contributed by atoms with Gasteiger partial charge in [0.15, 0.2) is 0 Å². The van der Waals surface area contributed by atoms with E-state index in [0.29, 0.717) is 12.0 Å². The van der Waals surface area contributed by atoms with E-state index < -0.39 is 0 Å². The van der Waals surface area contributed by atoms with Crippen molar-refractivity contribution in [2.45, 2.75) is 31.7 Å². The molecule has 1 aliphatic rings. The van der Waals surface area contributed by atoms with Crippen LogP contribution in [0.4, 0.5) is 5.95 Å². The zero-order valence-electron chi connectivity index (χ0n) is 11.0. The van der Waals surface area contributed by atoms with Crippen molar-refractivity contribution in [2.75, 3.05) is 18.6 Å². The fourth-order valence-electron chi connectivity index (χ4n) is 2.45. The molecular formula is C14H18BrN3O. The fraction of sp³-hybridized carbons (Fsp3) is 0.571. The van der Waals surface area contributed by atoms with Crippen LogP contribution in [-0.2, 0) is 0 Å². The molecule has 0 atom stereocenters. The lowest BCUT2D eigenvalue weighted by atomic mass is 9.86. The molecular weight excluding hydrogens is 306 g/mol. The molecule has 0 spiro atoms. The Hall–Kier alpha value is -1.12. The number of hydrogen-bond acceptors (Lipinski definition) is 4. The predicted molar refractivity (Wildman–Crippen MR) is 78.7 cm³/mol. The molecule has 0 aliphatic heterocycles. The van der Waals surface area contributed by atoms with Crippen molar-refractivity contribution in [3.63, 3.8) is 0 Å². The Morgan fingerprint density at radius 1 is 1.32 bits per heavy atom. The highest BCUT2D eigenvalue weighted by Gasteiger charge is 2.24. The average Bonchev–Trinajstić information content (AvgIpc) is 2.46. The van der Waals surface area contributed by atoms with Crippen molar-refractivity contribution in [2.24, 2.45) is 5.92 Å². The van der Waals surface area contributed by atoms with E-state index in [4.69, 9.17) is 5.11 Å². The number of rotatable bonds is 2. The van der Waals surface area contributed by atoms with Crippen LogP contribution in [0.25, 0.3) is 0 Å². The monoisotopic (exact) mass is 323 g/mol. The summed E-state index contributed by atoms with van der Waals surface area (Å²) in [5.74, 6) is 7.09. The summed E-state index contributed by atoms with van der Waals surface area (Å²) in [5, 5.41) is 8.71. The molecule has 0 bridgehead atoms. The molecule has 1 heterocycles. The van der Waals surface area contributed by atoms with Crippen molar-refractivity contribution < 1.29 is 5.11 Å². The van der Waals surface area contributed by atoms with E-state index in [1.54, 1.807) is 12.4 Å². The van der Waals surface area contributed by atoms with Crippen LogP contribution in [0.3, 0.4) is 0 Å². The van der Waals surface area contributed by atoms with Gasteiger partial charge in [-0.2, -0.15) is 0 Å². The molecule has 1 fully saturated rings. The minimum absolute atomic E-state index is 0.0352. The van der Waals surface area contributed by atoms with E-state index >= 15 is 0 Å². The minimum Gasteiger partial charge on any atom is -0.384 e. The zero-order chi connectivity index (χ0) is 13.7. The van der Waals surface area contributed by atoms with Crippen LogP contribution in [0.5, 0.6) is 0 Å². The highest BCUT2D eigenvalue weighted by Crippen LogP contribution is 2.28. The molecule has 1 aliphatic carbocycles. The first-order valence-corrected chi connectivity index (χ1v) is 7.29. The Morgan fingerprint density at radius 3 is 2.53 bits per heavy atom. The topological polar surface area (TPSA) is 49.2 Å². The molecule has 0 aromatic carbocycles. The number of aromatic nitrogens is 2. The Bertz CT molecular complexity index is 458. The molecule has 1 saturated carbocycles. The molecule has 0 saturated heterocycles. The van der Waals surface area contributed by atoms with E-state index in [0.717, 1.165) is 36.1 Å². The first kappa shape index (κ1) is 14.3. The fourth-order valence-corrected chi connectivity index (χ4v) is 2.65. The molecule has 2 rings (SSSR count). The largest absolute Gasteiger partial charge is 0.384 e. The Balaban J connectivity index is 1.92. The third-order valence-corrected chi connectivity index (χ3v) is 3.96. The van der Waals surface area contributed by atoms with Crippen LogP contribution in [0.1, 0.15) is 25.7 Å². The van der Waals surface area contributed by atoms with Crippen LogP contribution in [0, 0.1) is 17.8 Å². The van der Waals surface area contributed by atoms with Gasteiger partial charge in [0, 0.05) is 31.4 Å². The summed E-state index contributed by atoms with van der Waals surface area (Å²) in [6.45, 7) is -0.0352. The summed E-state index contributed by atoms with van der Waals surface area (Å²) in [4.78, 5) is 10.8. The van der Waals surface area contributed by atoms with Crippen LogP contribution in [0.15, 0.2) is 16.9 Å². The Labute approximate surface area is 122 Å². The molecule has 19 heavy (non-hydrogen) atoms. The van der Waals surface area contributed by atoms with Gasteiger partial charge < -0.3 is 10.0 Å². The summed E-state index contributed by atoms with van der Waals surface area (Å²) in [5.41, 5.74) is 0. The molecule has 1 aromatic heterocycles. The second-order valence-corrected chi connectivity index (χ2v) is 5.71. The van der Waals surface area contributed by atoms with Gasteiger partial charge in [-0.1, -0.05) is 11.8 Å². The Kier molecular flexibility index (Phi) is 5.17. The third-order valence-electron chi connectivity index (χ3n) is 3.55. The number of anilines is 1. The number of halogens is 1. The van der Waals surface area contributed by atoms with Crippen LogP contribution in [-0.4, -0.2) is 34.8 Å². The van der Waals surface area contributed by atoms with E-state index in [1.807, 2.05) is 7.05 Å². The maximum atomic E-state index is 8.71. The van der Waals surface area contributed by atoms with E-state index in [-0.39, 0.29) is 6.61 Å². The first-order valence-electron chi connectivity index (χ1n) is 6.50. The number of aliphatic hydroxyl groups is 1. The van der Waals surface area contributed by atoms with Gasteiger partial charge in [-0.05, 0) is 41.6 Å². The lowest BCUT2D eigenvalue weighted by molar-refractivity contribution is 0.347. The van der Waals surface area contributed by atoms with Gasteiger partial charge in [0.25, 0.3) is 0 Å². The second-order valence-electron chi connectivity index (χ2n) is 4.80. The molecule has 1 aromatic rings. The quantitative estimate of drug-likeness (QED) is 0.848.